The third-order valence-corrected chi connectivity index (χ3v) is 8.06. The van der Waals surface area contributed by atoms with Crippen LogP contribution in [0.5, 0.6) is 0 Å². The first-order chi connectivity index (χ1) is 14.5. The van der Waals surface area contributed by atoms with Crippen molar-refractivity contribution in [1.29, 1.82) is 0 Å². The maximum absolute atomic E-state index is 12.9. The summed E-state index contributed by atoms with van der Waals surface area (Å²) in [4.78, 5) is 12.7. The molecule has 0 radical (unpaired) electrons. The molecule has 1 fully saturated rings. The summed E-state index contributed by atoms with van der Waals surface area (Å²) in [7, 11) is -3.45. The van der Waals surface area contributed by atoms with Gasteiger partial charge in [0.2, 0.25) is 15.9 Å². The van der Waals surface area contributed by atoms with Crippen molar-refractivity contribution >= 4 is 26.8 Å². The number of benzene rings is 1. The van der Waals surface area contributed by atoms with Gasteiger partial charge in [-0.25, -0.2) is 8.42 Å². The van der Waals surface area contributed by atoms with Crippen molar-refractivity contribution in [2.45, 2.75) is 62.8 Å². The summed E-state index contributed by atoms with van der Waals surface area (Å²) in [5.41, 5.74) is 2.33. The van der Waals surface area contributed by atoms with Gasteiger partial charge in [-0.3, -0.25) is 4.79 Å². The van der Waals surface area contributed by atoms with E-state index in [-0.39, 0.29) is 12.5 Å². The number of piperidine rings is 1. The largest absolute Gasteiger partial charge is 0.354 e. The summed E-state index contributed by atoms with van der Waals surface area (Å²) in [6.45, 7) is 2.10. The van der Waals surface area contributed by atoms with Crippen LogP contribution in [-0.2, 0) is 21.4 Å². The van der Waals surface area contributed by atoms with E-state index in [1.54, 1.807) is 16.4 Å². The number of hydrogen-bond acceptors (Lipinski definition) is 3. The van der Waals surface area contributed by atoms with Gasteiger partial charge in [0.05, 0.1) is 4.90 Å². The highest BCUT2D eigenvalue weighted by molar-refractivity contribution is 7.89. The van der Waals surface area contributed by atoms with Crippen molar-refractivity contribution in [1.82, 2.24) is 14.2 Å². The number of rotatable bonds is 7. The molecule has 2 heterocycles. The lowest BCUT2D eigenvalue weighted by Gasteiger charge is -2.25. The zero-order chi connectivity index (χ0) is 21.0. The lowest BCUT2D eigenvalue weighted by Crippen LogP contribution is -2.35. The van der Waals surface area contributed by atoms with Gasteiger partial charge >= 0.3 is 0 Å². The number of sulfonamides is 1. The minimum absolute atomic E-state index is 0.0195. The molecule has 2 aliphatic rings. The van der Waals surface area contributed by atoms with Crippen molar-refractivity contribution in [3.63, 3.8) is 0 Å². The first kappa shape index (κ1) is 21.1. The van der Waals surface area contributed by atoms with E-state index in [2.05, 4.69) is 11.4 Å². The second-order valence-electron chi connectivity index (χ2n) is 8.34. The third-order valence-electron chi connectivity index (χ3n) is 6.16. The monoisotopic (exact) mass is 429 g/mol. The molecule has 2 aromatic rings. The minimum Gasteiger partial charge on any atom is -0.354 e. The van der Waals surface area contributed by atoms with E-state index in [4.69, 9.17) is 0 Å². The molecule has 1 N–H and O–H groups in total. The van der Waals surface area contributed by atoms with E-state index < -0.39 is 10.0 Å². The Balaban J connectivity index is 1.39. The Kier molecular flexibility index (Phi) is 6.58. The van der Waals surface area contributed by atoms with Gasteiger partial charge in [0, 0.05) is 36.7 Å². The Labute approximate surface area is 179 Å². The first-order valence-corrected chi connectivity index (χ1v) is 12.5. The van der Waals surface area contributed by atoms with Gasteiger partial charge in [-0.15, -0.1) is 0 Å². The summed E-state index contributed by atoms with van der Waals surface area (Å²) in [6, 6.07) is 7.08. The molecule has 4 rings (SSSR count). The van der Waals surface area contributed by atoms with Crippen molar-refractivity contribution in [2.24, 2.45) is 0 Å². The zero-order valence-corrected chi connectivity index (χ0v) is 18.3. The smallest absolute Gasteiger partial charge is 0.243 e. The molecule has 1 saturated heterocycles. The maximum Gasteiger partial charge on any atom is 0.243 e. The van der Waals surface area contributed by atoms with Crippen LogP contribution in [0.15, 0.2) is 47.0 Å². The molecule has 0 spiro atoms. The van der Waals surface area contributed by atoms with Crippen molar-refractivity contribution in [3.05, 3.63) is 42.1 Å². The molecule has 1 aromatic heterocycles. The molecule has 162 valence electrons. The predicted octanol–water partition coefficient (Wildman–Crippen LogP) is 3.82. The van der Waals surface area contributed by atoms with Gasteiger partial charge in [-0.1, -0.05) is 18.1 Å². The first-order valence-electron chi connectivity index (χ1n) is 11.1. The topological polar surface area (TPSA) is 71.4 Å². The molecule has 1 aromatic carbocycles. The van der Waals surface area contributed by atoms with Crippen molar-refractivity contribution in [2.75, 3.05) is 19.6 Å². The average molecular weight is 430 g/mol. The quantitative estimate of drug-likeness (QED) is 0.680. The van der Waals surface area contributed by atoms with E-state index in [0.29, 0.717) is 24.5 Å². The molecule has 0 unspecified atom stereocenters. The molecular formula is C23H31N3O3S. The number of nitrogens with one attached hydrogen (secondary N) is 1. The normalized spacial score (nSPS) is 18.3. The van der Waals surface area contributed by atoms with Crippen molar-refractivity contribution in [3.8, 4) is 0 Å². The molecule has 6 nitrogen and oxygen atoms in total. The van der Waals surface area contributed by atoms with Crippen LogP contribution in [0.4, 0.5) is 0 Å². The highest BCUT2D eigenvalue weighted by Gasteiger charge is 2.26. The minimum atomic E-state index is -3.45. The standard InChI is InChI=1S/C23H31N3O3S/c27-23(24-13-11-19-7-3-1-4-8-19)18-25-16-12-20-17-21(9-10-22(20)25)30(28,29)26-14-5-2-6-15-26/h7,9-10,12,16-17H,1-6,8,11,13-15,18H2,(H,24,27). The Hall–Kier alpha value is -2.12. The fraction of sp³-hybridized carbons (Fsp3) is 0.522. The summed E-state index contributed by atoms with van der Waals surface area (Å²) in [5, 5.41) is 3.85. The number of allylic oxidation sites excluding steroid dienone is 1. The highest BCUT2D eigenvalue weighted by Crippen LogP contribution is 2.25. The molecule has 30 heavy (non-hydrogen) atoms. The van der Waals surface area contributed by atoms with Crippen LogP contribution in [0.3, 0.4) is 0 Å². The summed E-state index contributed by atoms with van der Waals surface area (Å²) < 4.78 is 29.3. The average Bonchev–Trinajstić information content (AvgIpc) is 3.17. The number of carbonyl (C=O) groups is 1. The van der Waals surface area contributed by atoms with E-state index in [9.17, 15) is 13.2 Å². The molecule has 1 aliphatic carbocycles. The molecule has 1 aliphatic heterocycles. The third kappa shape index (κ3) is 4.78. The van der Waals surface area contributed by atoms with Crippen LogP contribution in [0.2, 0.25) is 0 Å². The van der Waals surface area contributed by atoms with Gasteiger partial charge in [0.1, 0.15) is 6.54 Å². The van der Waals surface area contributed by atoms with E-state index in [0.717, 1.165) is 49.4 Å². The summed E-state index contributed by atoms with van der Waals surface area (Å²) in [5.74, 6) is -0.0195. The van der Waals surface area contributed by atoms with Crippen LogP contribution in [0.25, 0.3) is 10.9 Å². The van der Waals surface area contributed by atoms with Crippen LogP contribution in [-0.4, -0.2) is 42.8 Å². The van der Waals surface area contributed by atoms with E-state index in [1.165, 1.54) is 18.4 Å². The Bertz CT molecular complexity index is 1030. The predicted molar refractivity (Wildman–Crippen MR) is 119 cm³/mol. The molecule has 1 amide bonds. The molecule has 0 bridgehead atoms. The van der Waals surface area contributed by atoms with Crippen LogP contribution in [0.1, 0.15) is 51.4 Å². The molecule has 0 atom stereocenters. The number of fused-ring (bicyclic) bond motifs is 1. The van der Waals surface area contributed by atoms with Crippen LogP contribution in [0, 0.1) is 0 Å². The van der Waals surface area contributed by atoms with Crippen molar-refractivity contribution < 1.29 is 13.2 Å². The van der Waals surface area contributed by atoms with Gasteiger partial charge < -0.3 is 9.88 Å². The second kappa shape index (κ2) is 9.35. The lowest BCUT2D eigenvalue weighted by molar-refractivity contribution is -0.121. The lowest BCUT2D eigenvalue weighted by atomic mass is 9.97. The van der Waals surface area contributed by atoms with E-state index >= 15 is 0 Å². The number of aromatic nitrogens is 1. The number of amides is 1. The molecule has 7 heteroatoms. The van der Waals surface area contributed by atoms with Gasteiger partial charge in [0.25, 0.3) is 0 Å². The SMILES string of the molecule is O=C(Cn1ccc2cc(S(=O)(=O)N3CCCCC3)ccc21)NCCC1=CCCCC1. The van der Waals surface area contributed by atoms with Crippen LogP contribution < -0.4 is 5.32 Å². The molecule has 0 saturated carbocycles. The number of carbonyl (C=O) groups excluding carboxylic acids is 1. The zero-order valence-electron chi connectivity index (χ0n) is 17.5. The second-order valence-corrected chi connectivity index (χ2v) is 10.3. The molecular weight excluding hydrogens is 398 g/mol. The maximum atomic E-state index is 12.9. The Morgan fingerprint density at radius 2 is 1.87 bits per heavy atom. The number of hydrogen-bond donors (Lipinski definition) is 1. The highest BCUT2D eigenvalue weighted by atomic mass is 32.2. The van der Waals surface area contributed by atoms with Crippen LogP contribution >= 0.6 is 0 Å². The fourth-order valence-corrected chi connectivity index (χ4v) is 5.99. The Morgan fingerprint density at radius 3 is 2.63 bits per heavy atom. The summed E-state index contributed by atoms with van der Waals surface area (Å²) >= 11 is 0. The number of nitrogens with zero attached hydrogens (tertiary/aromatic N) is 2. The fourth-order valence-electron chi connectivity index (χ4n) is 4.44. The van der Waals surface area contributed by atoms with Gasteiger partial charge in [-0.05, 0) is 69.2 Å². The van der Waals surface area contributed by atoms with Gasteiger partial charge in [0.15, 0.2) is 0 Å². The Morgan fingerprint density at radius 1 is 1.03 bits per heavy atom. The van der Waals surface area contributed by atoms with Gasteiger partial charge in [-0.2, -0.15) is 4.31 Å². The summed E-state index contributed by atoms with van der Waals surface area (Å²) in [6.07, 6.45) is 12.9. The van der Waals surface area contributed by atoms with E-state index in [1.807, 2.05) is 22.9 Å².